The van der Waals surface area contributed by atoms with E-state index in [1.165, 1.54) is 12.3 Å². The standard InChI is InChI=1S/C31H29ClFN7/c1-3-19-16-35-31-24(29(19)37-26(4-2)20-8-6-5-7-9-20)14-22(15-25(31)32)36-30(21-10-13-28(33)34-17-21)27-18-40(39-38-27)23-11-12-23/h1,5-10,13-18,23,26,30,36,38-39H,4,11-12H2,2H3,(H,35,37)/t26-,30-/m1/s1/i30D. The molecular formula is C31H29ClFN7. The van der Waals surface area contributed by atoms with Gasteiger partial charge in [0.2, 0.25) is 5.95 Å². The van der Waals surface area contributed by atoms with Gasteiger partial charge < -0.3 is 16.1 Å². The molecule has 6 rings (SSSR count). The molecule has 7 nitrogen and oxygen atoms in total. The summed E-state index contributed by atoms with van der Waals surface area (Å²) in [5.41, 5.74) is 10.8. The van der Waals surface area contributed by atoms with Gasteiger partial charge >= 0.3 is 0 Å². The number of rotatable bonds is 9. The smallest absolute Gasteiger partial charge is 0.212 e. The maximum atomic E-state index is 13.8. The van der Waals surface area contributed by atoms with Gasteiger partial charge in [-0.25, -0.2) is 4.98 Å². The van der Waals surface area contributed by atoms with E-state index in [2.05, 4.69) is 56.5 Å². The lowest BCUT2D eigenvalue weighted by atomic mass is 10.0. The molecule has 4 N–H and O–H groups in total. The van der Waals surface area contributed by atoms with Crippen LogP contribution in [-0.2, 0) is 0 Å². The maximum absolute atomic E-state index is 13.8. The van der Waals surface area contributed by atoms with E-state index in [0.29, 0.717) is 39.1 Å². The van der Waals surface area contributed by atoms with Crippen LogP contribution in [0.3, 0.4) is 0 Å². The summed E-state index contributed by atoms with van der Waals surface area (Å²) < 4.78 is 23.4. The Hall–Kier alpha value is -4.32. The highest BCUT2D eigenvalue weighted by Gasteiger charge is 2.32. The van der Waals surface area contributed by atoms with E-state index >= 15 is 0 Å². The van der Waals surface area contributed by atoms with Gasteiger partial charge in [-0.2, -0.15) is 4.39 Å². The normalized spacial score (nSPS) is 17.3. The van der Waals surface area contributed by atoms with E-state index in [1.807, 2.05) is 35.5 Å². The molecule has 2 aromatic carbocycles. The predicted octanol–water partition coefficient (Wildman–Crippen LogP) is 6.45. The van der Waals surface area contributed by atoms with Crippen molar-refractivity contribution >= 4 is 33.9 Å². The van der Waals surface area contributed by atoms with Crippen molar-refractivity contribution < 1.29 is 5.76 Å². The fourth-order valence-electron chi connectivity index (χ4n) is 4.85. The zero-order chi connectivity index (χ0) is 28.6. The molecule has 0 radical (unpaired) electrons. The number of fused-ring (bicyclic) bond motifs is 1. The zero-order valence-corrected chi connectivity index (χ0v) is 22.6. The number of hydrogen-bond acceptors (Lipinski definition) is 7. The second-order valence-corrected chi connectivity index (χ2v) is 10.3. The Labute approximate surface area is 239 Å². The molecule has 1 aliphatic heterocycles. The van der Waals surface area contributed by atoms with Gasteiger partial charge in [-0.1, -0.05) is 60.8 Å². The summed E-state index contributed by atoms with van der Waals surface area (Å²) in [4.78, 5) is 8.37. The molecule has 1 saturated carbocycles. The van der Waals surface area contributed by atoms with Gasteiger partial charge in [0.25, 0.3) is 0 Å². The second kappa shape index (κ2) is 11.0. The largest absolute Gasteiger partial charge is 0.377 e. The third-order valence-corrected chi connectivity index (χ3v) is 7.38. The van der Waals surface area contributed by atoms with Crippen molar-refractivity contribution in [1.82, 2.24) is 25.9 Å². The van der Waals surface area contributed by atoms with Gasteiger partial charge in [-0.3, -0.25) is 9.99 Å². The first-order valence-corrected chi connectivity index (χ1v) is 13.6. The van der Waals surface area contributed by atoms with Crippen molar-refractivity contribution in [2.45, 2.75) is 44.3 Å². The van der Waals surface area contributed by atoms with Crippen LogP contribution in [0.1, 0.15) is 56.3 Å². The lowest BCUT2D eigenvalue weighted by Crippen LogP contribution is -2.38. The lowest BCUT2D eigenvalue weighted by Gasteiger charge is -2.23. The molecular weight excluding hydrogens is 525 g/mol. The van der Waals surface area contributed by atoms with Crippen molar-refractivity contribution in [3.05, 3.63) is 107 Å². The fourth-order valence-corrected chi connectivity index (χ4v) is 5.11. The van der Waals surface area contributed by atoms with Crippen molar-refractivity contribution in [3.8, 4) is 12.3 Å². The Balaban J connectivity index is 1.44. The van der Waals surface area contributed by atoms with Crippen LogP contribution >= 0.6 is 11.6 Å². The molecule has 202 valence electrons. The molecule has 0 saturated heterocycles. The van der Waals surface area contributed by atoms with Gasteiger partial charge in [0, 0.05) is 35.7 Å². The summed E-state index contributed by atoms with van der Waals surface area (Å²) in [6, 6.07) is 15.4. The number of terminal acetylenes is 1. The first kappa shape index (κ1) is 24.7. The Morgan fingerprint density at radius 2 is 1.98 bits per heavy atom. The minimum atomic E-state index is -1.56. The molecule has 0 bridgehead atoms. The predicted molar refractivity (Wildman–Crippen MR) is 158 cm³/mol. The van der Waals surface area contributed by atoms with Crippen LogP contribution in [-0.4, -0.2) is 21.0 Å². The third kappa shape index (κ3) is 5.26. The summed E-state index contributed by atoms with van der Waals surface area (Å²) in [5.74, 6) is 2.13. The molecule has 2 atom stereocenters. The number of pyridine rings is 2. The Morgan fingerprint density at radius 3 is 2.67 bits per heavy atom. The van der Waals surface area contributed by atoms with Crippen molar-refractivity contribution in [3.63, 3.8) is 0 Å². The second-order valence-electron chi connectivity index (χ2n) is 9.85. The number of hydrogen-bond donors (Lipinski definition) is 4. The molecule has 1 aliphatic carbocycles. The number of aromatic nitrogens is 2. The van der Waals surface area contributed by atoms with E-state index < -0.39 is 12.0 Å². The molecule has 4 aromatic rings. The van der Waals surface area contributed by atoms with Crippen LogP contribution < -0.4 is 21.6 Å². The summed E-state index contributed by atoms with van der Waals surface area (Å²) in [6.07, 6.45) is 13.7. The van der Waals surface area contributed by atoms with Gasteiger partial charge in [0.15, 0.2) is 0 Å². The minimum Gasteiger partial charge on any atom is -0.377 e. The van der Waals surface area contributed by atoms with Gasteiger partial charge in [-0.15, -0.1) is 12.0 Å². The topological polar surface area (TPSA) is 77.1 Å². The quantitative estimate of drug-likeness (QED) is 0.140. The Morgan fingerprint density at radius 1 is 1.15 bits per heavy atom. The van der Waals surface area contributed by atoms with Crippen LogP contribution in [0.15, 0.2) is 78.9 Å². The zero-order valence-electron chi connectivity index (χ0n) is 22.9. The molecule has 9 heteroatoms. The van der Waals surface area contributed by atoms with Gasteiger partial charge in [0.1, 0.15) is 0 Å². The SMILES string of the molecule is [2H][C@](Nc1cc(Cl)c2ncc(C#C)c(N[C@H](CC)c3ccccc3)c2c1)(C1=CN(C2CC2)NN1)c1ccc(F)nc1. The van der Waals surface area contributed by atoms with Crippen LogP contribution in [0.4, 0.5) is 15.8 Å². The summed E-state index contributed by atoms with van der Waals surface area (Å²) >= 11 is 6.79. The molecule has 1 fully saturated rings. The molecule has 0 amide bonds. The lowest BCUT2D eigenvalue weighted by molar-refractivity contribution is 0.260. The van der Waals surface area contributed by atoms with Crippen LogP contribution in [0, 0.1) is 18.3 Å². The Kier molecular flexibility index (Phi) is 6.82. The molecule has 3 heterocycles. The molecule has 0 spiro atoms. The highest BCUT2D eigenvalue weighted by atomic mass is 35.5. The number of anilines is 2. The van der Waals surface area contributed by atoms with E-state index in [-0.39, 0.29) is 6.04 Å². The highest BCUT2D eigenvalue weighted by Crippen LogP contribution is 2.38. The summed E-state index contributed by atoms with van der Waals surface area (Å²) in [7, 11) is 0. The fraction of sp³-hybridized carbons (Fsp3) is 0.226. The summed E-state index contributed by atoms with van der Waals surface area (Å²) in [6.45, 7) is 2.11. The number of benzene rings is 2. The highest BCUT2D eigenvalue weighted by molar-refractivity contribution is 6.35. The van der Waals surface area contributed by atoms with Crippen LogP contribution in [0.5, 0.6) is 0 Å². The number of nitrogens with zero attached hydrogens (tertiary/aromatic N) is 3. The van der Waals surface area contributed by atoms with Crippen LogP contribution in [0.25, 0.3) is 10.9 Å². The third-order valence-electron chi connectivity index (χ3n) is 7.09. The minimum absolute atomic E-state index is 0.00262. The maximum Gasteiger partial charge on any atom is 0.212 e. The monoisotopic (exact) mass is 554 g/mol. The van der Waals surface area contributed by atoms with E-state index in [4.69, 9.17) is 18.0 Å². The summed E-state index contributed by atoms with van der Waals surface area (Å²) in [5, 5.41) is 10.0. The average molecular weight is 555 g/mol. The first-order chi connectivity index (χ1) is 19.9. The van der Waals surface area contributed by atoms with Crippen molar-refractivity contribution in [2.75, 3.05) is 10.6 Å². The van der Waals surface area contributed by atoms with Crippen LogP contribution in [0.2, 0.25) is 5.02 Å². The molecule has 2 aromatic heterocycles. The van der Waals surface area contributed by atoms with Crippen molar-refractivity contribution in [1.29, 1.82) is 0 Å². The van der Waals surface area contributed by atoms with Gasteiger partial charge in [0.05, 0.1) is 40.9 Å². The number of halogens is 2. The Bertz CT molecular complexity index is 1650. The number of hydrazine groups is 2. The van der Waals surface area contributed by atoms with E-state index in [9.17, 15) is 5.76 Å². The average Bonchev–Trinajstić information content (AvgIpc) is 3.72. The van der Waals surface area contributed by atoms with Crippen molar-refractivity contribution in [2.24, 2.45) is 0 Å². The molecule has 40 heavy (non-hydrogen) atoms. The van der Waals surface area contributed by atoms with E-state index in [1.54, 1.807) is 18.3 Å². The van der Waals surface area contributed by atoms with E-state index in [0.717, 1.165) is 35.9 Å². The number of nitrogens with one attached hydrogen (secondary N) is 4. The first-order valence-electron chi connectivity index (χ1n) is 13.7. The molecule has 2 aliphatic rings. The van der Waals surface area contributed by atoms with Gasteiger partial charge in [-0.05, 0) is 48.6 Å². The molecule has 0 unspecified atom stereocenters.